The number of imidazole rings is 1. The number of hydrogen-bond donors (Lipinski definition) is 1. The molecular weight excluding hydrogens is 364 g/mol. The molecule has 2 heterocycles. The molecule has 0 aliphatic rings. The number of aryl methyl sites for hydroxylation is 2. The average molecular weight is 388 g/mol. The molecule has 0 aliphatic heterocycles. The van der Waals surface area contributed by atoms with Crippen LogP contribution in [0.25, 0.3) is 22.6 Å². The molecule has 0 saturated heterocycles. The lowest BCUT2D eigenvalue weighted by molar-refractivity contribution is 0.349. The van der Waals surface area contributed by atoms with Crippen LogP contribution in [-0.4, -0.2) is 40.4 Å². The molecule has 9 nitrogen and oxygen atoms in total. The number of nitrogens with zero attached hydrogens (tertiary/aromatic N) is 3. The summed E-state index contributed by atoms with van der Waals surface area (Å²) in [5, 5.41) is 0. The van der Waals surface area contributed by atoms with E-state index in [2.05, 4.69) is 9.97 Å². The van der Waals surface area contributed by atoms with Gasteiger partial charge in [0, 0.05) is 19.7 Å². The molecule has 3 aromatic rings. The number of benzene rings is 1. The van der Waals surface area contributed by atoms with Crippen LogP contribution in [0.15, 0.2) is 21.7 Å². The van der Waals surface area contributed by atoms with Gasteiger partial charge in [0.15, 0.2) is 22.7 Å². The molecule has 1 N–H and O–H groups in total. The first-order chi connectivity index (χ1) is 13.5. The normalized spacial score (nSPS) is 11.0. The van der Waals surface area contributed by atoms with Crippen molar-refractivity contribution in [3.8, 4) is 28.6 Å². The molecule has 1 aromatic carbocycles. The van der Waals surface area contributed by atoms with Crippen LogP contribution in [0.2, 0.25) is 0 Å². The summed E-state index contributed by atoms with van der Waals surface area (Å²) < 4.78 is 19.4. The van der Waals surface area contributed by atoms with Crippen LogP contribution in [0, 0.1) is 0 Å². The molecular formula is C19H24N4O5. The van der Waals surface area contributed by atoms with Gasteiger partial charge in [-0.15, -0.1) is 0 Å². The fourth-order valence-electron chi connectivity index (χ4n) is 3.21. The van der Waals surface area contributed by atoms with E-state index in [0.717, 1.165) is 12.8 Å². The first-order valence-electron chi connectivity index (χ1n) is 8.96. The van der Waals surface area contributed by atoms with Gasteiger partial charge in [0.1, 0.15) is 11.6 Å². The summed E-state index contributed by atoms with van der Waals surface area (Å²) >= 11 is 0. The molecule has 0 saturated carbocycles. The molecule has 0 bridgehead atoms. The third-order valence-electron chi connectivity index (χ3n) is 4.69. The van der Waals surface area contributed by atoms with Crippen molar-refractivity contribution in [1.82, 2.24) is 19.1 Å². The number of hydrogen-bond acceptors (Lipinski definition) is 6. The van der Waals surface area contributed by atoms with Crippen LogP contribution in [0.4, 0.5) is 0 Å². The van der Waals surface area contributed by atoms with Gasteiger partial charge in [0.05, 0.1) is 26.9 Å². The minimum atomic E-state index is -0.478. The predicted octanol–water partition coefficient (Wildman–Crippen LogP) is 1.92. The van der Waals surface area contributed by atoms with Crippen LogP contribution in [-0.2, 0) is 13.6 Å². The van der Waals surface area contributed by atoms with Crippen LogP contribution < -0.4 is 25.5 Å². The number of fused-ring (bicyclic) bond motifs is 1. The lowest BCUT2D eigenvalue weighted by atomic mass is 10.1. The number of unbranched alkanes of at least 4 members (excludes halogenated alkanes) is 1. The molecule has 3 rings (SSSR count). The monoisotopic (exact) mass is 388 g/mol. The number of methoxy groups -OCH3 is 3. The molecule has 0 spiro atoms. The summed E-state index contributed by atoms with van der Waals surface area (Å²) in [6.07, 6.45) is 1.71. The zero-order chi connectivity index (χ0) is 20.4. The summed E-state index contributed by atoms with van der Waals surface area (Å²) in [7, 11) is 6.34. The number of aromatic amines is 1. The van der Waals surface area contributed by atoms with E-state index in [4.69, 9.17) is 14.2 Å². The summed E-state index contributed by atoms with van der Waals surface area (Å²) in [5.74, 6) is 2.01. The Morgan fingerprint density at radius 2 is 1.68 bits per heavy atom. The molecule has 0 amide bonds. The van der Waals surface area contributed by atoms with Crippen molar-refractivity contribution in [3.05, 3.63) is 33.0 Å². The maximum absolute atomic E-state index is 12.5. The molecule has 150 valence electrons. The van der Waals surface area contributed by atoms with Gasteiger partial charge in [0.2, 0.25) is 0 Å². The zero-order valence-corrected chi connectivity index (χ0v) is 16.7. The van der Waals surface area contributed by atoms with Crippen molar-refractivity contribution in [2.24, 2.45) is 7.05 Å². The largest absolute Gasteiger partial charge is 0.496 e. The van der Waals surface area contributed by atoms with Gasteiger partial charge in [-0.3, -0.25) is 14.3 Å². The highest BCUT2D eigenvalue weighted by molar-refractivity contribution is 5.80. The lowest BCUT2D eigenvalue weighted by Gasteiger charge is -2.13. The maximum Gasteiger partial charge on any atom is 0.330 e. The number of H-pyrrole nitrogens is 1. The Labute approximate surface area is 161 Å². The van der Waals surface area contributed by atoms with E-state index in [1.165, 1.54) is 25.9 Å². The van der Waals surface area contributed by atoms with Gasteiger partial charge in [0.25, 0.3) is 5.56 Å². The smallest absolute Gasteiger partial charge is 0.330 e. The second-order valence-corrected chi connectivity index (χ2v) is 6.34. The second kappa shape index (κ2) is 7.79. The summed E-state index contributed by atoms with van der Waals surface area (Å²) in [4.78, 5) is 31.8. The SMILES string of the molecule is CCCCn1c(=O)[nH]c(=O)c2c1nc(-c1cc(OC)c(OC)cc1OC)n2C. The van der Waals surface area contributed by atoms with Gasteiger partial charge < -0.3 is 18.8 Å². The third-order valence-corrected chi connectivity index (χ3v) is 4.69. The van der Waals surface area contributed by atoms with Crippen LogP contribution in [0.5, 0.6) is 17.2 Å². The van der Waals surface area contributed by atoms with E-state index < -0.39 is 11.2 Å². The first-order valence-corrected chi connectivity index (χ1v) is 8.96. The van der Waals surface area contributed by atoms with Gasteiger partial charge in [-0.1, -0.05) is 13.3 Å². The van der Waals surface area contributed by atoms with Gasteiger partial charge >= 0.3 is 5.69 Å². The Balaban J connectivity index is 2.33. The predicted molar refractivity (Wildman–Crippen MR) is 106 cm³/mol. The minimum absolute atomic E-state index is 0.322. The van der Waals surface area contributed by atoms with Gasteiger partial charge in [-0.2, -0.15) is 0 Å². The molecule has 0 atom stereocenters. The highest BCUT2D eigenvalue weighted by Gasteiger charge is 2.21. The molecule has 2 aromatic heterocycles. The Morgan fingerprint density at radius 1 is 1.04 bits per heavy atom. The van der Waals surface area contributed by atoms with E-state index in [1.54, 1.807) is 23.7 Å². The number of rotatable bonds is 7. The third kappa shape index (κ3) is 3.12. The Kier molecular flexibility index (Phi) is 5.43. The summed E-state index contributed by atoms with van der Waals surface area (Å²) in [6.45, 7) is 2.51. The molecule has 28 heavy (non-hydrogen) atoms. The van der Waals surface area contributed by atoms with E-state index in [9.17, 15) is 9.59 Å². The first kappa shape index (κ1) is 19.5. The van der Waals surface area contributed by atoms with Crippen LogP contribution >= 0.6 is 0 Å². The number of ether oxygens (including phenoxy) is 3. The summed E-state index contributed by atoms with van der Waals surface area (Å²) in [5.41, 5.74) is 0.343. The Hall–Kier alpha value is -3.23. The molecule has 9 heteroatoms. The quantitative estimate of drug-likeness (QED) is 0.664. The standard InChI is InChI=1S/C19H24N4O5/c1-6-7-8-23-17-15(18(24)21-19(23)25)22(2)16(20-17)11-9-13(27-4)14(28-5)10-12(11)26-3/h9-10H,6-8H2,1-5H3,(H,21,24,25). The van der Waals surface area contributed by atoms with Crippen LogP contribution in [0.3, 0.4) is 0 Å². The highest BCUT2D eigenvalue weighted by atomic mass is 16.5. The minimum Gasteiger partial charge on any atom is -0.496 e. The molecule has 0 radical (unpaired) electrons. The number of aromatic nitrogens is 4. The second-order valence-electron chi connectivity index (χ2n) is 6.34. The lowest BCUT2D eigenvalue weighted by Crippen LogP contribution is -2.31. The molecule has 0 aliphatic carbocycles. The molecule has 0 unspecified atom stereocenters. The van der Waals surface area contributed by atoms with Crippen molar-refractivity contribution in [1.29, 1.82) is 0 Å². The van der Waals surface area contributed by atoms with Crippen molar-refractivity contribution in [2.75, 3.05) is 21.3 Å². The zero-order valence-electron chi connectivity index (χ0n) is 16.7. The average Bonchev–Trinajstić information content (AvgIpc) is 3.04. The van der Waals surface area contributed by atoms with E-state index in [1.807, 2.05) is 6.92 Å². The van der Waals surface area contributed by atoms with E-state index in [-0.39, 0.29) is 0 Å². The maximum atomic E-state index is 12.5. The van der Waals surface area contributed by atoms with Crippen molar-refractivity contribution < 1.29 is 14.2 Å². The topological polar surface area (TPSA) is 100 Å². The Morgan fingerprint density at radius 3 is 2.29 bits per heavy atom. The number of nitrogens with one attached hydrogen (secondary N) is 1. The van der Waals surface area contributed by atoms with E-state index in [0.29, 0.717) is 46.3 Å². The van der Waals surface area contributed by atoms with Gasteiger partial charge in [-0.05, 0) is 12.5 Å². The highest BCUT2D eigenvalue weighted by Crippen LogP contribution is 2.40. The molecule has 0 fully saturated rings. The van der Waals surface area contributed by atoms with E-state index >= 15 is 0 Å². The van der Waals surface area contributed by atoms with Crippen molar-refractivity contribution in [3.63, 3.8) is 0 Å². The van der Waals surface area contributed by atoms with Crippen LogP contribution in [0.1, 0.15) is 19.8 Å². The fraction of sp³-hybridized carbons (Fsp3) is 0.421. The summed E-state index contributed by atoms with van der Waals surface area (Å²) in [6, 6.07) is 3.43. The van der Waals surface area contributed by atoms with Gasteiger partial charge in [-0.25, -0.2) is 9.78 Å². The fourth-order valence-corrected chi connectivity index (χ4v) is 3.21. The van der Waals surface area contributed by atoms with Crippen molar-refractivity contribution >= 4 is 11.2 Å². The van der Waals surface area contributed by atoms with Crippen molar-refractivity contribution in [2.45, 2.75) is 26.3 Å². The Bertz CT molecular complexity index is 1130.